The SMILES string of the molecule is CCCc1ccc(CC)cc1N. The highest BCUT2D eigenvalue weighted by atomic mass is 14.6. The highest BCUT2D eigenvalue weighted by molar-refractivity contribution is 5.49. The minimum Gasteiger partial charge on any atom is -0.398 e. The van der Waals surface area contributed by atoms with Gasteiger partial charge in [-0.05, 0) is 30.0 Å². The number of rotatable bonds is 3. The normalized spacial score (nSPS) is 10.2. The summed E-state index contributed by atoms with van der Waals surface area (Å²) in [5.74, 6) is 0. The van der Waals surface area contributed by atoms with E-state index in [1.807, 2.05) is 0 Å². The minimum absolute atomic E-state index is 0.955. The quantitative estimate of drug-likeness (QED) is 0.681. The van der Waals surface area contributed by atoms with Crippen molar-refractivity contribution in [3.05, 3.63) is 29.3 Å². The molecule has 0 amide bonds. The molecule has 0 bridgehead atoms. The lowest BCUT2D eigenvalue weighted by Crippen LogP contribution is -1.95. The van der Waals surface area contributed by atoms with Crippen molar-refractivity contribution in [1.29, 1.82) is 0 Å². The van der Waals surface area contributed by atoms with Crippen LogP contribution in [0.4, 0.5) is 5.69 Å². The maximum absolute atomic E-state index is 5.88. The Morgan fingerprint density at radius 3 is 2.50 bits per heavy atom. The monoisotopic (exact) mass is 163 g/mol. The Kier molecular flexibility index (Phi) is 3.15. The molecule has 0 saturated carbocycles. The van der Waals surface area contributed by atoms with Gasteiger partial charge in [0, 0.05) is 5.69 Å². The van der Waals surface area contributed by atoms with E-state index in [0.717, 1.165) is 24.9 Å². The van der Waals surface area contributed by atoms with E-state index in [9.17, 15) is 0 Å². The van der Waals surface area contributed by atoms with Crippen LogP contribution in [0.5, 0.6) is 0 Å². The van der Waals surface area contributed by atoms with Crippen molar-refractivity contribution in [2.75, 3.05) is 5.73 Å². The van der Waals surface area contributed by atoms with Crippen molar-refractivity contribution in [2.24, 2.45) is 0 Å². The molecule has 0 atom stereocenters. The number of nitrogens with two attached hydrogens (primary N) is 1. The van der Waals surface area contributed by atoms with Crippen molar-refractivity contribution in [1.82, 2.24) is 0 Å². The summed E-state index contributed by atoms with van der Waals surface area (Å²) in [7, 11) is 0. The van der Waals surface area contributed by atoms with Gasteiger partial charge in [-0.25, -0.2) is 0 Å². The maximum atomic E-state index is 5.88. The lowest BCUT2D eigenvalue weighted by Gasteiger charge is -2.05. The number of hydrogen-bond acceptors (Lipinski definition) is 1. The Labute approximate surface area is 74.6 Å². The van der Waals surface area contributed by atoms with Gasteiger partial charge in [-0.15, -0.1) is 0 Å². The molecule has 0 aromatic heterocycles. The third kappa shape index (κ3) is 2.00. The zero-order valence-corrected chi connectivity index (χ0v) is 7.93. The zero-order chi connectivity index (χ0) is 8.97. The maximum Gasteiger partial charge on any atom is 0.0349 e. The molecular weight excluding hydrogens is 146 g/mol. The Morgan fingerprint density at radius 2 is 2.00 bits per heavy atom. The summed E-state index contributed by atoms with van der Waals surface area (Å²) in [6.45, 7) is 4.32. The summed E-state index contributed by atoms with van der Waals surface area (Å²) >= 11 is 0. The number of benzene rings is 1. The molecule has 1 heteroatoms. The molecule has 66 valence electrons. The molecule has 0 fully saturated rings. The van der Waals surface area contributed by atoms with Gasteiger partial charge in [0.2, 0.25) is 0 Å². The molecule has 0 unspecified atom stereocenters. The van der Waals surface area contributed by atoms with Crippen LogP contribution >= 0.6 is 0 Å². The van der Waals surface area contributed by atoms with Crippen LogP contribution in [0.1, 0.15) is 31.4 Å². The smallest absolute Gasteiger partial charge is 0.0349 e. The number of aryl methyl sites for hydroxylation is 2. The summed E-state index contributed by atoms with van der Waals surface area (Å²) < 4.78 is 0. The lowest BCUT2D eigenvalue weighted by molar-refractivity contribution is 0.922. The lowest BCUT2D eigenvalue weighted by atomic mass is 10.0. The second-order valence-corrected chi connectivity index (χ2v) is 3.14. The molecule has 0 aliphatic rings. The van der Waals surface area contributed by atoms with Gasteiger partial charge in [-0.1, -0.05) is 32.4 Å². The van der Waals surface area contributed by atoms with Crippen LogP contribution in [0.2, 0.25) is 0 Å². The van der Waals surface area contributed by atoms with Crippen molar-refractivity contribution in [3.8, 4) is 0 Å². The number of nitrogen functional groups attached to an aromatic ring is 1. The zero-order valence-electron chi connectivity index (χ0n) is 7.93. The third-order valence-corrected chi connectivity index (χ3v) is 2.14. The average molecular weight is 163 g/mol. The van der Waals surface area contributed by atoms with Gasteiger partial charge < -0.3 is 5.73 Å². The van der Waals surface area contributed by atoms with E-state index in [1.54, 1.807) is 0 Å². The van der Waals surface area contributed by atoms with Gasteiger partial charge in [0.1, 0.15) is 0 Å². The van der Waals surface area contributed by atoms with Crippen molar-refractivity contribution < 1.29 is 0 Å². The van der Waals surface area contributed by atoms with E-state index in [2.05, 4.69) is 32.0 Å². The van der Waals surface area contributed by atoms with E-state index in [0.29, 0.717) is 0 Å². The molecule has 0 heterocycles. The molecule has 0 radical (unpaired) electrons. The fraction of sp³-hybridized carbons (Fsp3) is 0.455. The van der Waals surface area contributed by atoms with Gasteiger partial charge in [-0.3, -0.25) is 0 Å². The van der Waals surface area contributed by atoms with Gasteiger partial charge in [0.15, 0.2) is 0 Å². The molecular formula is C11H17N. The van der Waals surface area contributed by atoms with Crippen molar-refractivity contribution in [3.63, 3.8) is 0 Å². The Morgan fingerprint density at radius 1 is 1.25 bits per heavy atom. The predicted octanol–water partition coefficient (Wildman–Crippen LogP) is 2.78. The molecule has 1 nitrogen and oxygen atoms in total. The highest BCUT2D eigenvalue weighted by Gasteiger charge is 1.97. The first-order valence-corrected chi connectivity index (χ1v) is 4.65. The fourth-order valence-corrected chi connectivity index (χ4v) is 1.36. The molecule has 1 aromatic carbocycles. The Balaban J connectivity index is 2.87. The van der Waals surface area contributed by atoms with Crippen LogP contribution in [0.3, 0.4) is 0 Å². The summed E-state index contributed by atoms with van der Waals surface area (Å²) in [6.07, 6.45) is 3.32. The van der Waals surface area contributed by atoms with E-state index < -0.39 is 0 Å². The van der Waals surface area contributed by atoms with E-state index in [-0.39, 0.29) is 0 Å². The van der Waals surface area contributed by atoms with Crippen LogP contribution in [-0.4, -0.2) is 0 Å². The molecule has 12 heavy (non-hydrogen) atoms. The first-order chi connectivity index (χ1) is 5.77. The first kappa shape index (κ1) is 9.11. The highest BCUT2D eigenvalue weighted by Crippen LogP contribution is 2.16. The van der Waals surface area contributed by atoms with Crippen LogP contribution < -0.4 is 5.73 Å². The summed E-state index contributed by atoms with van der Waals surface area (Å²) in [4.78, 5) is 0. The topological polar surface area (TPSA) is 26.0 Å². The third-order valence-electron chi connectivity index (χ3n) is 2.14. The van der Waals surface area contributed by atoms with E-state index in [4.69, 9.17) is 5.73 Å². The van der Waals surface area contributed by atoms with E-state index >= 15 is 0 Å². The molecule has 0 spiro atoms. The molecule has 0 saturated heterocycles. The van der Waals surface area contributed by atoms with Gasteiger partial charge >= 0.3 is 0 Å². The van der Waals surface area contributed by atoms with Crippen LogP contribution in [0.15, 0.2) is 18.2 Å². The summed E-state index contributed by atoms with van der Waals surface area (Å²) in [6, 6.07) is 6.41. The van der Waals surface area contributed by atoms with Gasteiger partial charge in [0.25, 0.3) is 0 Å². The minimum atomic E-state index is 0.955. The molecule has 0 aliphatic heterocycles. The van der Waals surface area contributed by atoms with Gasteiger partial charge in [-0.2, -0.15) is 0 Å². The van der Waals surface area contributed by atoms with Crippen LogP contribution in [0, 0.1) is 0 Å². The van der Waals surface area contributed by atoms with Crippen molar-refractivity contribution in [2.45, 2.75) is 33.1 Å². The average Bonchev–Trinajstić information content (AvgIpc) is 2.09. The van der Waals surface area contributed by atoms with Crippen LogP contribution in [0.25, 0.3) is 0 Å². The second-order valence-electron chi connectivity index (χ2n) is 3.14. The fourth-order valence-electron chi connectivity index (χ4n) is 1.36. The summed E-state index contributed by atoms with van der Waals surface area (Å²) in [5.41, 5.74) is 9.45. The second kappa shape index (κ2) is 4.15. The number of hydrogen-bond donors (Lipinski definition) is 1. The first-order valence-electron chi connectivity index (χ1n) is 4.65. The predicted molar refractivity (Wildman–Crippen MR) is 54.2 cm³/mol. The van der Waals surface area contributed by atoms with Gasteiger partial charge in [0.05, 0.1) is 0 Å². The Hall–Kier alpha value is -0.980. The Bertz CT molecular complexity index is 253. The molecule has 0 aliphatic carbocycles. The van der Waals surface area contributed by atoms with Crippen LogP contribution in [-0.2, 0) is 12.8 Å². The standard InChI is InChI=1S/C11H17N/c1-3-5-10-7-6-9(4-2)8-11(10)12/h6-8H,3-5,12H2,1-2H3. The molecule has 1 rings (SSSR count). The largest absolute Gasteiger partial charge is 0.398 e. The molecule has 1 aromatic rings. The number of anilines is 1. The molecule has 2 N–H and O–H groups in total. The van der Waals surface area contributed by atoms with Crippen molar-refractivity contribution >= 4 is 5.69 Å². The van der Waals surface area contributed by atoms with E-state index in [1.165, 1.54) is 11.1 Å². The summed E-state index contributed by atoms with van der Waals surface area (Å²) in [5, 5.41) is 0.